The molecule has 1 unspecified atom stereocenters. The van der Waals surface area contributed by atoms with Gasteiger partial charge in [0, 0.05) is 28.2 Å². The van der Waals surface area contributed by atoms with E-state index in [1.165, 1.54) is 10.9 Å². The molecule has 0 saturated carbocycles. The van der Waals surface area contributed by atoms with Crippen LogP contribution in [0.1, 0.15) is 22.9 Å². The smallest absolute Gasteiger partial charge is 0.0747 e. The van der Waals surface area contributed by atoms with Gasteiger partial charge in [-0.1, -0.05) is 46.9 Å². The predicted octanol–water partition coefficient (Wildman–Crippen LogP) is 5.36. The fourth-order valence-electron chi connectivity index (χ4n) is 3.21. The molecule has 2 nitrogen and oxygen atoms in total. The van der Waals surface area contributed by atoms with Gasteiger partial charge in [-0.25, -0.2) is 0 Å². The van der Waals surface area contributed by atoms with Crippen LogP contribution in [0.15, 0.2) is 36.4 Å². The van der Waals surface area contributed by atoms with Crippen LogP contribution in [0.5, 0.6) is 0 Å². The van der Waals surface area contributed by atoms with Crippen LogP contribution in [0.25, 0.3) is 10.9 Å². The normalized spacial score (nSPS) is 17.7. The third-order valence-electron chi connectivity index (χ3n) is 4.21. The number of halogens is 3. The molecule has 0 saturated heterocycles. The molecule has 3 aromatic rings. The molecular formula is C17H13Cl3N2. The molecule has 0 radical (unpaired) electrons. The highest BCUT2D eigenvalue weighted by Crippen LogP contribution is 2.38. The summed E-state index contributed by atoms with van der Waals surface area (Å²) in [6, 6.07) is 11.7. The van der Waals surface area contributed by atoms with Gasteiger partial charge in [-0.15, -0.1) is 0 Å². The average Bonchev–Trinajstić information content (AvgIpc) is 2.88. The van der Waals surface area contributed by atoms with Crippen LogP contribution in [0, 0.1) is 0 Å². The standard InChI is InChI=1S/C17H13Cl3N2/c18-9-4-5-14-12(8-9)10-6-7-21-16(17(10)22-14)11-2-1-3-13(19)15(11)20/h1-5,8,16,21-22H,6-7H2. The highest BCUT2D eigenvalue weighted by atomic mass is 35.5. The van der Waals surface area contributed by atoms with Gasteiger partial charge in [-0.3, -0.25) is 0 Å². The van der Waals surface area contributed by atoms with Crippen molar-refractivity contribution in [1.82, 2.24) is 10.3 Å². The summed E-state index contributed by atoms with van der Waals surface area (Å²) in [7, 11) is 0. The van der Waals surface area contributed by atoms with Crippen LogP contribution in [-0.2, 0) is 6.42 Å². The number of fused-ring (bicyclic) bond motifs is 3. The molecule has 0 bridgehead atoms. The maximum Gasteiger partial charge on any atom is 0.0747 e. The molecule has 2 aromatic carbocycles. The van der Waals surface area contributed by atoms with E-state index in [9.17, 15) is 0 Å². The predicted molar refractivity (Wildman–Crippen MR) is 93.3 cm³/mol. The van der Waals surface area contributed by atoms with Gasteiger partial charge < -0.3 is 10.3 Å². The molecule has 112 valence electrons. The summed E-state index contributed by atoms with van der Waals surface area (Å²) in [4.78, 5) is 3.52. The van der Waals surface area contributed by atoms with Gasteiger partial charge in [-0.2, -0.15) is 0 Å². The van der Waals surface area contributed by atoms with Crippen molar-refractivity contribution in [3.63, 3.8) is 0 Å². The number of nitrogens with one attached hydrogen (secondary N) is 2. The number of benzene rings is 2. The van der Waals surface area contributed by atoms with E-state index < -0.39 is 0 Å². The molecule has 1 atom stereocenters. The van der Waals surface area contributed by atoms with E-state index in [0.717, 1.165) is 34.8 Å². The summed E-state index contributed by atoms with van der Waals surface area (Å²) < 4.78 is 0. The highest BCUT2D eigenvalue weighted by Gasteiger charge is 2.27. The second kappa shape index (κ2) is 5.47. The SMILES string of the molecule is Clc1ccc2[nH]c3c(c2c1)CCNC3c1cccc(Cl)c1Cl. The van der Waals surface area contributed by atoms with Gasteiger partial charge in [0.2, 0.25) is 0 Å². The van der Waals surface area contributed by atoms with Gasteiger partial charge in [0.15, 0.2) is 0 Å². The Labute approximate surface area is 143 Å². The Balaban J connectivity index is 1.92. The van der Waals surface area contributed by atoms with Crippen molar-refractivity contribution in [2.24, 2.45) is 0 Å². The zero-order chi connectivity index (χ0) is 15.3. The van der Waals surface area contributed by atoms with Gasteiger partial charge in [0.1, 0.15) is 0 Å². The second-order valence-corrected chi connectivity index (χ2v) is 6.71. The Morgan fingerprint density at radius 2 is 1.91 bits per heavy atom. The van der Waals surface area contributed by atoms with Crippen molar-refractivity contribution in [1.29, 1.82) is 0 Å². The lowest BCUT2D eigenvalue weighted by Crippen LogP contribution is -2.30. The molecule has 0 amide bonds. The third kappa shape index (κ3) is 2.22. The molecule has 5 heteroatoms. The van der Waals surface area contributed by atoms with E-state index in [4.69, 9.17) is 34.8 Å². The number of hydrogen-bond acceptors (Lipinski definition) is 1. The van der Waals surface area contributed by atoms with Crippen molar-refractivity contribution >= 4 is 45.7 Å². The molecule has 2 heterocycles. The monoisotopic (exact) mass is 350 g/mol. The lowest BCUT2D eigenvalue weighted by molar-refractivity contribution is 0.560. The second-order valence-electron chi connectivity index (χ2n) is 5.49. The van der Waals surface area contributed by atoms with Crippen molar-refractivity contribution in [3.8, 4) is 0 Å². The van der Waals surface area contributed by atoms with Gasteiger partial charge in [0.05, 0.1) is 16.1 Å². The van der Waals surface area contributed by atoms with E-state index in [2.05, 4.69) is 10.3 Å². The van der Waals surface area contributed by atoms with Crippen LogP contribution >= 0.6 is 34.8 Å². The van der Waals surface area contributed by atoms with Crippen LogP contribution in [0.3, 0.4) is 0 Å². The molecule has 2 N–H and O–H groups in total. The minimum atomic E-state index is 0.0149. The summed E-state index contributed by atoms with van der Waals surface area (Å²) in [5, 5.41) is 6.65. The zero-order valence-electron chi connectivity index (χ0n) is 11.6. The first-order chi connectivity index (χ1) is 10.6. The first-order valence-corrected chi connectivity index (χ1v) is 8.26. The van der Waals surface area contributed by atoms with E-state index >= 15 is 0 Å². The van der Waals surface area contributed by atoms with Gasteiger partial charge in [0.25, 0.3) is 0 Å². The largest absolute Gasteiger partial charge is 0.357 e. The topological polar surface area (TPSA) is 27.8 Å². The first kappa shape index (κ1) is 14.4. The quantitative estimate of drug-likeness (QED) is 0.606. The fraction of sp³-hybridized carbons (Fsp3) is 0.176. The number of hydrogen-bond donors (Lipinski definition) is 2. The number of aromatic nitrogens is 1. The van der Waals surface area contributed by atoms with E-state index in [0.29, 0.717) is 10.0 Å². The van der Waals surface area contributed by atoms with Gasteiger partial charge >= 0.3 is 0 Å². The van der Waals surface area contributed by atoms with E-state index in [1.54, 1.807) is 0 Å². The van der Waals surface area contributed by atoms with Crippen LogP contribution in [0.4, 0.5) is 0 Å². The average molecular weight is 352 g/mol. The number of H-pyrrole nitrogens is 1. The summed E-state index contributed by atoms with van der Waals surface area (Å²) >= 11 is 18.7. The Morgan fingerprint density at radius 1 is 1.05 bits per heavy atom. The molecule has 0 spiro atoms. The fourth-order valence-corrected chi connectivity index (χ4v) is 3.80. The van der Waals surface area contributed by atoms with Crippen molar-refractivity contribution in [2.75, 3.05) is 6.54 Å². The lowest BCUT2D eigenvalue weighted by atomic mass is 9.94. The molecule has 1 aromatic heterocycles. The van der Waals surface area contributed by atoms with Crippen LogP contribution in [0.2, 0.25) is 15.1 Å². The van der Waals surface area contributed by atoms with Crippen molar-refractivity contribution < 1.29 is 0 Å². The van der Waals surface area contributed by atoms with Crippen LogP contribution < -0.4 is 5.32 Å². The number of aromatic amines is 1. The molecule has 22 heavy (non-hydrogen) atoms. The minimum Gasteiger partial charge on any atom is -0.357 e. The van der Waals surface area contributed by atoms with Crippen LogP contribution in [-0.4, -0.2) is 11.5 Å². The number of rotatable bonds is 1. The van der Waals surface area contributed by atoms with Gasteiger partial charge in [-0.05, 0) is 41.8 Å². The lowest BCUT2D eigenvalue weighted by Gasteiger charge is -2.25. The molecule has 4 rings (SSSR count). The third-order valence-corrected chi connectivity index (χ3v) is 5.27. The Kier molecular flexibility index (Phi) is 3.58. The Morgan fingerprint density at radius 3 is 2.77 bits per heavy atom. The Hall–Kier alpha value is -1.19. The van der Waals surface area contributed by atoms with Crippen molar-refractivity contribution in [3.05, 3.63) is 68.3 Å². The summed E-state index contributed by atoms with van der Waals surface area (Å²) in [6.07, 6.45) is 0.963. The highest BCUT2D eigenvalue weighted by molar-refractivity contribution is 6.42. The molecule has 1 aliphatic rings. The van der Waals surface area contributed by atoms with E-state index in [1.807, 2.05) is 36.4 Å². The Bertz CT molecular complexity index is 870. The maximum absolute atomic E-state index is 6.41. The zero-order valence-corrected chi connectivity index (χ0v) is 13.9. The molecule has 0 fully saturated rings. The molecule has 1 aliphatic heterocycles. The minimum absolute atomic E-state index is 0.0149. The molecule has 0 aliphatic carbocycles. The summed E-state index contributed by atoms with van der Waals surface area (Å²) in [6.45, 7) is 0.889. The summed E-state index contributed by atoms with van der Waals surface area (Å²) in [5.41, 5.74) is 4.54. The molecular weight excluding hydrogens is 339 g/mol. The summed E-state index contributed by atoms with van der Waals surface area (Å²) in [5.74, 6) is 0. The van der Waals surface area contributed by atoms with Crippen molar-refractivity contribution in [2.45, 2.75) is 12.5 Å². The maximum atomic E-state index is 6.41. The first-order valence-electron chi connectivity index (χ1n) is 7.12. The van der Waals surface area contributed by atoms with E-state index in [-0.39, 0.29) is 6.04 Å².